The summed E-state index contributed by atoms with van der Waals surface area (Å²) in [4.78, 5) is 2.45. The maximum atomic E-state index is 5.62. The largest absolute Gasteiger partial charge is 0.379 e. The molecule has 3 nitrogen and oxygen atoms in total. The molecule has 1 aromatic rings. The number of methoxy groups -OCH3 is 1. The Morgan fingerprint density at radius 1 is 1.42 bits per heavy atom. The van der Waals surface area contributed by atoms with Gasteiger partial charge in [0.15, 0.2) is 0 Å². The van der Waals surface area contributed by atoms with Gasteiger partial charge >= 0.3 is 0 Å². The molecule has 0 bridgehead atoms. The minimum Gasteiger partial charge on any atom is -0.379 e. The average molecular weight is 262 g/mol. The zero-order valence-electron chi connectivity index (χ0n) is 12.4. The van der Waals surface area contributed by atoms with Crippen molar-refractivity contribution >= 4 is 5.69 Å². The Balaban J connectivity index is 2.13. The molecule has 0 aliphatic carbocycles. The van der Waals surface area contributed by atoms with Gasteiger partial charge in [-0.15, -0.1) is 0 Å². The topological polar surface area (TPSA) is 38.5 Å². The van der Waals surface area contributed by atoms with Gasteiger partial charge in [-0.25, -0.2) is 0 Å². The van der Waals surface area contributed by atoms with E-state index in [1.807, 2.05) is 7.11 Å². The predicted molar refractivity (Wildman–Crippen MR) is 80.7 cm³/mol. The lowest BCUT2D eigenvalue weighted by Gasteiger charge is -2.38. The first kappa shape index (κ1) is 14.4. The average Bonchev–Trinajstić information content (AvgIpc) is 2.40. The van der Waals surface area contributed by atoms with Crippen LogP contribution in [0.25, 0.3) is 0 Å². The van der Waals surface area contributed by atoms with E-state index < -0.39 is 0 Å². The minimum absolute atomic E-state index is 0.344. The highest BCUT2D eigenvalue weighted by atomic mass is 16.5. The second-order valence-corrected chi connectivity index (χ2v) is 5.65. The number of ether oxygens (including phenoxy) is 1. The highest BCUT2D eigenvalue weighted by molar-refractivity contribution is 5.55. The molecule has 2 unspecified atom stereocenters. The zero-order valence-corrected chi connectivity index (χ0v) is 12.4. The standard InChI is InChI=1S/C16H26N2O/c1-12-7-9-18(11-16(12)19-3)15-5-4-14(6-8-17)10-13(15)2/h4-5,10,12,16H,6-9,11,17H2,1-3H3. The highest BCUT2D eigenvalue weighted by Gasteiger charge is 2.26. The molecule has 1 saturated heterocycles. The molecule has 1 fully saturated rings. The number of anilines is 1. The zero-order chi connectivity index (χ0) is 13.8. The third-order valence-electron chi connectivity index (χ3n) is 4.23. The van der Waals surface area contributed by atoms with Crippen molar-refractivity contribution in [1.82, 2.24) is 0 Å². The Morgan fingerprint density at radius 2 is 2.21 bits per heavy atom. The highest BCUT2D eigenvalue weighted by Crippen LogP contribution is 2.27. The van der Waals surface area contributed by atoms with Gasteiger partial charge in [0, 0.05) is 25.9 Å². The van der Waals surface area contributed by atoms with Crippen molar-refractivity contribution < 1.29 is 4.74 Å². The van der Waals surface area contributed by atoms with Crippen LogP contribution in [0, 0.1) is 12.8 Å². The van der Waals surface area contributed by atoms with Gasteiger partial charge in [-0.05, 0) is 49.4 Å². The molecule has 2 atom stereocenters. The Kier molecular flexibility index (Phi) is 4.83. The smallest absolute Gasteiger partial charge is 0.0772 e. The second kappa shape index (κ2) is 6.40. The van der Waals surface area contributed by atoms with Crippen LogP contribution in [0.1, 0.15) is 24.5 Å². The molecule has 1 heterocycles. The number of nitrogens with two attached hydrogens (primary N) is 1. The van der Waals surface area contributed by atoms with Gasteiger partial charge in [0.25, 0.3) is 0 Å². The van der Waals surface area contributed by atoms with Crippen molar-refractivity contribution in [2.24, 2.45) is 11.7 Å². The molecule has 19 heavy (non-hydrogen) atoms. The van der Waals surface area contributed by atoms with Crippen LogP contribution in [0.4, 0.5) is 5.69 Å². The lowest BCUT2D eigenvalue weighted by atomic mass is 9.94. The molecule has 0 radical (unpaired) electrons. The molecular formula is C16H26N2O. The number of hydrogen-bond acceptors (Lipinski definition) is 3. The summed E-state index contributed by atoms with van der Waals surface area (Å²) in [6, 6.07) is 6.71. The van der Waals surface area contributed by atoms with Crippen LogP contribution in [-0.4, -0.2) is 32.8 Å². The molecule has 0 aromatic heterocycles. The van der Waals surface area contributed by atoms with Crippen molar-refractivity contribution in [3.8, 4) is 0 Å². The summed E-state index contributed by atoms with van der Waals surface area (Å²) in [6.45, 7) is 7.30. The molecule has 2 rings (SSSR count). The van der Waals surface area contributed by atoms with Gasteiger partial charge in [0.1, 0.15) is 0 Å². The van der Waals surface area contributed by atoms with Crippen LogP contribution < -0.4 is 10.6 Å². The lowest BCUT2D eigenvalue weighted by molar-refractivity contribution is 0.0498. The van der Waals surface area contributed by atoms with Crippen LogP contribution in [0.2, 0.25) is 0 Å². The molecule has 106 valence electrons. The summed E-state index contributed by atoms with van der Waals surface area (Å²) in [5, 5.41) is 0. The predicted octanol–water partition coefficient (Wildman–Crippen LogP) is 2.36. The molecule has 1 aliphatic rings. The number of hydrogen-bond donors (Lipinski definition) is 1. The number of rotatable bonds is 4. The molecule has 1 aliphatic heterocycles. The van der Waals surface area contributed by atoms with E-state index in [0.717, 1.165) is 19.5 Å². The molecular weight excluding hydrogens is 236 g/mol. The van der Waals surface area contributed by atoms with Crippen molar-refractivity contribution in [2.45, 2.75) is 32.8 Å². The van der Waals surface area contributed by atoms with Gasteiger partial charge in [0.2, 0.25) is 0 Å². The van der Waals surface area contributed by atoms with Crippen LogP contribution in [-0.2, 0) is 11.2 Å². The van der Waals surface area contributed by atoms with Crippen LogP contribution in [0.3, 0.4) is 0 Å². The summed E-state index contributed by atoms with van der Waals surface area (Å²) in [6.07, 6.45) is 2.50. The lowest BCUT2D eigenvalue weighted by Crippen LogP contribution is -2.44. The van der Waals surface area contributed by atoms with Crippen molar-refractivity contribution in [1.29, 1.82) is 0 Å². The van der Waals surface area contributed by atoms with Gasteiger partial charge < -0.3 is 15.4 Å². The van der Waals surface area contributed by atoms with E-state index in [9.17, 15) is 0 Å². The summed E-state index contributed by atoms with van der Waals surface area (Å²) in [5.41, 5.74) is 9.63. The SMILES string of the molecule is COC1CN(c2ccc(CCN)cc2C)CCC1C. The normalized spacial score (nSPS) is 23.7. The van der Waals surface area contributed by atoms with Crippen molar-refractivity contribution in [2.75, 3.05) is 31.6 Å². The third kappa shape index (κ3) is 3.28. The summed E-state index contributed by atoms with van der Waals surface area (Å²) in [7, 11) is 1.82. The molecule has 0 spiro atoms. The first-order chi connectivity index (χ1) is 9.15. The van der Waals surface area contributed by atoms with E-state index in [1.165, 1.54) is 23.2 Å². The first-order valence-corrected chi connectivity index (χ1v) is 7.23. The van der Waals surface area contributed by atoms with Crippen LogP contribution in [0.5, 0.6) is 0 Å². The van der Waals surface area contributed by atoms with E-state index in [1.54, 1.807) is 0 Å². The van der Waals surface area contributed by atoms with E-state index >= 15 is 0 Å². The summed E-state index contributed by atoms with van der Waals surface area (Å²) < 4.78 is 5.60. The maximum absolute atomic E-state index is 5.62. The van der Waals surface area contributed by atoms with Gasteiger partial charge in [-0.2, -0.15) is 0 Å². The van der Waals surface area contributed by atoms with E-state index in [-0.39, 0.29) is 0 Å². The first-order valence-electron chi connectivity index (χ1n) is 7.23. The number of piperidine rings is 1. The number of benzene rings is 1. The number of nitrogens with zero attached hydrogens (tertiary/aromatic N) is 1. The third-order valence-corrected chi connectivity index (χ3v) is 4.23. The fourth-order valence-corrected chi connectivity index (χ4v) is 2.95. The van der Waals surface area contributed by atoms with Gasteiger partial charge in [-0.1, -0.05) is 19.1 Å². The molecule has 2 N–H and O–H groups in total. The van der Waals surface area contributed by atoms with E-state index in [2.05, 4.69) is 36.9 Å². The Hall–Kier alpha value is -1.06. The molecule has 0 amide bonds. The fourth-order valence-electron chi connectivity index (χ4n) is 2.95. The van der Waals surface area contributed by atoms with Crippen molar-refractivity contribution in [3.05, 3.63) is 29.3 Å². The Morgan fingerprint density at radius 3 is 2.84 bits per heavy atom. The van der Waals surface area contributed by atoms with Crippen LogP contribution in [0.15, 0.2) is 18.2 Å². The molecule has 1 aromatic carbocycles. The van der Waals surface area contributed by atoms with Crippen LogP contribution >= 0.6 is 0 Å². The fraction of sp³-hybridized carbons (Fsp3) is 0.625. The second-order valence-electron chi connectivity index (χ2n) is 5.65. The molecule has 0 saturated carbocycles. The quantitative estimate of drug-likeness (QED) is 0.905. The number of aryl methyl sites for hydroxylation is 1. The minimum atomic E-state index is 0.344. The monoisotopic (exact) mass is 262 g/mol. The maximum Gasteiger partial charge on any atom is 0.0772 e. The Labute approximate surface area is 116 Å². The molecule has 3 heteroatoms. The van der Waals surface area contributed by atoms with E-state index in [0.29, 0.717) is 18.6 Å². The summed E-state index contributed by atoms with van der Waals surface area (Å²) >= 11 is 0. The van der Waals surface area contributed by atoms with Gasteiger partial charge in [-0.3, -0.25) is 0 Å². The summed E-state index contributed by atoms with van der Waals surface area (Å²) in [5.74, 6) is 0.651. The van der Waals surface area contributed by atoms with Gasteiger partial charge in [0.05, 0.1) is 6.10 Å². The van der Waals surface area contributed by atoms with Crippen molar-refractivity contribution in [3.63, 3.8) is 0 Å². The Bertz CT molecular complexity index is 419. The van der Waals surface area contributed by atoms with E-state index in [4.69, 9.17) is 10.5 Å².